The summed E-state index contributed by atoms with van der Waals surface area (Å²) in [7, 11) is 1.78. The summed E-state index contributed by atoms with van der Waals surface area (Å²) in [5.41, 5.74) is 2.93. The van der Waals surface area contributed by atoms with Crippen molar-refractivity contribution in [3.05, 3.63) is 35.4 Å². The smallest absolute Gasteiger partial charge is 0.191 e. The molecule has 0 heterocycles. The number of aliphatic imine (C=N–C) groups is 1. The van der Waals surface area contributed by atoms with Gasteiger partial charge in [-0.05, 0) is 44.1 Å². The number of methoxy groups -OCH3 is 1. The molecule has 0 bridgehead atoms. The first-order valence-corrected chi connectivity index (χ1v) is 8.74. The van der Waals surface area contributed by atoms with Crippen molar-refractivity contribution in [1.82, 2.24) is 10.6 Å². The molecule has 1 saturated carbocycles. The zero-order valence-electron chi connectivity index (χ0n) is 14.8. The second-order valence-electron chi connectivity index (χ2n) is 6.63. The van der Waals surface area contributed by atoms with E-state index in [1.54, 1.807) is 7.11 Å². The zero-order chi connectivity index (χ0) is 16.5. The predicted molar refractivity (Wildman–Crippen MR) is 96.8 cm³/mol. The Morgan fingerprint density at radius 3 is 2.74 bits per heavy atom. The lowest BCUT2D eigenvalue weighted by Crippen LogP contribution is -2.46. The Balaban J connectivity index is 1.91. The van der Waals surface area contributed by atoms with Crippen molar-refractivity contribution >= 4 is 5.96 Å². The molecule has 1 aromatic carbocycles. The molecule has 1 fully saturated rings. The summed E-state index contributed by atoms with van der Waals surface area (Å²) in [6.07, 6.45) is 5.05. The van der Waals surface area contributed by atoms with E-state index in [0.717, 1.165) is 32.1 Å². The highest BCUT2D eigenvalue weighted by atomic mass is 16.5. The van der Waals surface area contributed by atoms with Gasteiger partial charge in [-0.1, -0.05) is 36.2 Å². The minimum absolute atomic E-state index is 0.398. The Morgan fingerprint density at radius 2 is 2.13 bits per heavy atom. The molecule has 2 N–H and O–H groups in total. The van der Waals surface area contributed by atoms with E-state index in [-0.39, 0.29) is 0 Å². The number of hydrogen-bond donors (Lipinski definition) is 2. The maximum atomic E-state index is 5.27. The van der Waals surface area contributed by atoms with Crippen molar-refractivity contribution in [1.29, 1.82) is 0 Å². The Hall–Kier alpha value is -1.55. The molecule has 4 heteroatoms. The average Bonchev–Trinajstić information content (AvgIpc) is 2.51. The molecule has 1 aliphatic carbocycles. The number of hydrogen-bond acceptors (Lipinski definition) is 2. The molecule has 23 heavy (non-hydrogen) atoms. The van der Waals surface area contributed by atoms with Gasteiger partial charge in [0.1, 0.15) is 0 Å². The number of guanidine groups is 1. The SMILES string of the molecule is CCNC(=NCc1cccc(C)c1)NCC1(CCOC)CCC1. The van der Waals surface area contributed by atoms with Crippen LogP contribution in [0.25, 0.3) is 0 Å². The van der Waals surface area contributed by atoms with E-state index in [4.69, 9.17) is 9.73 Å². The fourth-order valence-electron chi connectivity index (χ4n) is 3.10. The second kappa shape index (κ2) is 8.92. The van der Waals surface area contributed by atoms with Crippen LogP contribution in [0.4, 0.5) is 0 Å². The van der Waals surface area contributed by atoms with E-state index in [0.29, 0.717) is 12.0 Å². The Bertz CT molecular complexity index is 509. The van der Waals surface area contributed by atoms with E-state index in [1.165, 1.54) is 30.4 Å². The standard InChI is InChI=1S/C19H31N3O/c1-4-20-18(21-14-17-8-5-7-16(2)13-17)22-15-19(9-6-10-19)11-12-23-3/h5,7-8,13H,4,6,9-12,14-15H2,1-3H3,(H2,20,21,22). The number of nitrogens with one attached hydrogen (secondary N) is 2. The van der Waals surface area contributed by atoms with Gasteiger partial charge in [-0.2, -0.15) is 0 Å². The number of ether oxygens (including phenoxy) is 1. The molecule has 1 aliphatic rings. The molecule has 0 aromatic heterocycles. The monoisotopic (exact) mass is 317 g/mol. The van der Waals surface area contributed by atoms with Gasteiger partial charge in [-0.25, -0.2) is 4.99 Å². The van der Waals surface area contributed by atoms with Crippen molar-refractivity contribution < 1.29 is 4.74 Å². The number of nitrogens with zero attached hydrogens (tertiary/aromatic N) is 1. The molecule has 0 aliphatic heterocycles. The number of rotatable bonds is 8. The van der Waals surface area contributed by atoms with Crippen LogP contribution in [0.2, 0.25) is 0 Å². The summed E-state index contributed by atoms with van der Waals surface area (Å²) >= 11 is 0. The highest BCUT2D eigenvalue weighted by Gasteiger charge is 2.36. The van der Waals surface area contributed by atoms with Gasteiger partial charge in [0, 0.05) is 26.8 Å². The van der Waals surface area contributed by atoms with Crippen LogP contribution in [0, 0.1) is 12.3 Å². The lowest BCUT2D eigenvalue weighted by molar-refractivity contribution is 0.0732. The maximum Gasteiger partial charge on any atom is 0.191 e. The molecular weight excluding hydrogens is 286 g/mol. The molecule has 0 atom stereocenters. The van der Waals surface area contributed by atoms with E-state index in [1.807, 2.05) is 0 Å². The normalized spacial score (nSPS) is 16.7. The van der Waals surface area contributed by atoms with Crippen LogP contribution >= 0.6 is 0 Å². The molecule has 128 valence electrons. The third kappa shape index (κ3) is 5.54. The molecule has 0 saturated heterocycles. The number of aryl methyl sites for hydroxylation is 1. The largest absolute Gasteiger partial charge is 0.385 e. The molecule has 0 spiro atoms. The van der Waals surface area contributed by atoms with Crippen LogP contribution in [0.15, 0.2) is 29.3 Å². The first kappa shape index (κ1) is 17.8. The predicted octanol–water partition coefficient (Wildman–Crippen LogP) is 3.26. The Labute approximate surface area is 140 Å². The Morgan fingerprint density at radius 1 is 1.30 bits per heavy atom. The lowest BCUT2D eigenvalue weighted by atomic mass is 9.67. The molecule has 2 rings (SSSR count). The van der Waals surface area contributed by atoms with Gasteiger partial charge < -0.3 is 15.4 Å². The first-order valence-electron chi connectivity index (χ1n) is 8.74. The quantitative estimate of drug-likeness (QED) is 0.571. The van der Waals surface area contributed by atoms with Crippen molar-refractivity contribution in [2.45, 2.75) is 46.1 Å². The van der Waals surface area contributed by atoms with E-state index >= 15 is 0 Å². The summed E-state index contributed by atoms with van der Waals surface area (Å²) in [6.45, 7) is 7.64. The van der Waals surface area contributed by atoms with Crippen LogP contribution in [0.3, 0.4) is 0 Å². The first-order chi connectivity index (χ1) is 11.2. The van der Waals surface area contributed by atoms with Crippen LogP contribution in [0.5, 0.6) is 0 Å². The molecule has 1 aromatic rings. The van der Waals surface area contributed by atoms with Crippen molar-refractivity contribution in [2.24, 2.45) is 10.4 Å². The fraction of sp³-hybridized carbons (Fsp3) is 0.632. The van der Waals surface area contributed by atoms with Crippen molar-refractivity contribution in [3.8, 4) is 0 Å². The molecular formula is C19H31N3O. The fourth-order valence-corrected chi connectivity index (χ4v) is 3.10. The van der Waals surface area contributed by atoms with Gasteiger partial charge in [0.15, 0.2) is 5.96 Å². The van der Waals surface area contributed by atoms with Gasteiger partial charge in [-0.3, -0.25) is 0 Å². The number of benzene rings is 1. The van der Waals surface area contributed by atoms with Gasteiger partial charge in [0.05, 0.1) is 6.54 Å². The summed E-state index contributed by atoms with van der Waals surface area (Å²) in [5, 5.41) is 6.89. The van der Waals surface area contributed by atoms with E-state index < -0.39 is 0 Å². The van der Waals surface area contributed by atoms with Crippen LogP contribution in [-0.4, -0.2) is 32.8 Å². The molecule has 0 amide bonds. The third-order valence-corrected chi connectivity index (χ3v) is 4.73. The third-order valence-electron chi connectivity index (χ3n) is 4.73. The zero-order valence-corrected chi connectivity index (χ0v) is 14.8. The Kier molecular flexibility index (Phi) is 6.90. The van der Waals surface area contributed by atoms with Gasteiger partial charge in [0.25, 0.3) is 0 Å². The van der Waals surface area contributed by atoms with Crippen molar-refractivity contribution in [2.75, 3.05) is 26.8 Å². The van der Waals surface area contributed by atoms with Crippen LogP contribution in [0.1, 0.15) is 43.7 Å². The summed E-state index contributed by atoms with van der Waals surface area (Å²) < 4.78 is 5.27. The van der Waals surface area contributed by atoms with Crippen LogP contribution in [-0.2, 0) is 11.3 Å². The molecule has 4 nitrogen and oxygen atoms in total. The highest BCUT2D eigenvalue weighted by Crippen LogP contribution is 2.43. The van der Waals surface area contributed by atoms with Crippen molar-refractivity contribution in [3.63, 3.8) is 0 Å². The van der Waals surface area contributed by atoms with Gasteiger partial charge in [0.2, 0.25) is 0 Å². The van der Waals surface area contributed by atoms with Gasteiger partial charge in [-0.15, -0.1) is 0 Å². The summed E-state index contributed by atoms with van der Waals surface area (Å²) in [6, 6.07) is 8.53. The summed E-state index contributed by atoms with van der Waals surface area (Å²) in [4.78, 5) is 4.73. The molecule has 0 radical (unpaired) electrons. The average molecular weight is 317 g/mol. The van der Waals surface area contributed by atoms with Crippen LogP contribution < -0.4 is 10.6 Å². The van der Waals surface area contributed by atoms with E-state index in [2.05, 4.69) is 48.7 Å². The van der Waals surface area contributed by atoms with Gasteiger partial charge >= 0.3 is 0 Å². The van der Waals surface area contributed by atoms with E-state index in [9.17, 15) is 0 Å². The minimum Gasteiger partial charge on any atom is -0.385 e. The minimum atomic E-state index is 0.398. The topological polar surface area (TPSA) is 45.7 Å². The lowest BCUT2D eigenvalue weighted by Gasteiger charge is -2.42. The highest BCUT2D eigenvalue weighted by molar-refractivity contribution is 5.79. The maximum absolute atomic E-state index is 5.27. The second-order valence-corrected chi connectivity index (χ2v) is 6.63. The molecule has 0 unspecified atom stereocenters. The summed E-state index contributed by atoms with van der Waals surface area (Å²) in [5.74, 6) is 0.915.